The van der Waals surface area contributed by atoms with Crippen molar-refractivity contribution in [2.24, 2.45) is 0 Å². The Labute approximate surface area is 126 Å². The molecule has 108 valence electrons. The van der Waals surface area contributed by atoms with Crippen LogP contribution in [0, 0.1) is 0 Å². The highest BCUT2D eigenvalue weighted by Gasteiger charge is 2.34. The number of carbonyl (C=O) groups is 1. The van der Waals surface area contributed by atoms with Crippen molar-refractivity contribution in [1.82, 2.24) is 0 Å². The Morgan fingerprint density at radius 3 is 2.50 bits per heavy atom. The zero-order valence-corrected chi connectivity index (χ0v) is 11.6. The zero-order chi connectivity index (χ0) is 14.9. The number of ether oxygens (including phenoxy) is 1. The lowest BCUT2D eigenvalue weighted by molar-refractivity contribution is 0.0948. The molecule has 1 aromatic carbocycles. The second-order valence-electron chi connectivity index (χ2n) is 4.95. The highest BCUT2D eigenvalue weighted by atomic mass is 16.5. The molecule has 0 amide bonds. The maximum Gasteiger partial charge on any atom is 0.197 e. The summed E-state index contributed by atoms with van der Waals surface area (Å²) in [4.78, 5) is 12.8. The van der Waals surface area contributed by atoms with Crippen LogP contribution in [0.5, 0.6) is 5.75 Å². The van der Waals surface area contributed by atoms with Gasteiger partial charge in [-0.2, -0.15) is 0 Å². The quantitative estimate of drug-likeness (QED) is 0.662. The summed E-state index contributed by atoms with van der Waals surface area (Å²) in [6.45, 7) is 0. The number of ketones is 1. The molecular formula is C18H12O4. The minimum atomic E-state index is -0.581. The van der Waals surface area contributed by atoms with Gasteiger partial charge in [0.2, 0.25) is 0 Å². The summed E-state index contributed by atoms with van der Waals surface area (Å²) < 4.78 is 16.7. The Hall–Kier alpha value is -3.01. The fourth-order valence-corrected chi connectivity index (χ4v) is 2.54. The number of hydrogen-bond donors (Lipinski definition) is 0. The molecule has 0 radical (unpaired) electrons. The topological polar surface area (TPSA) is 52.6 Å². The van der Waals surface area contributed by atoms with Gasteiger partial charge in [0.25, 0.3) is 0 Å². The van der Waals surface area contributed by atoms with E-state index in [0.29, 0.717) is 28.4 Å². The molecule has 0 fully saturated rings. The Morgan fingerprint density at radius 1 is 0.909 bits per heavy atom. The van der Waals surface area contributed by atoms with Crippen molar-refractivity contribution < 1.29 is 18.4 Å². The van der Waals surface area contributed by atoms with Crippen molar-refractivity contribution >= 4 is 11.9 Å². The summed E-state index contributed by atoms with van der Waals surface area (Å²) in [5, 5.41) is 0. The van der Waals surface area contributed by atoms with E-state index >= 15 is 0 Å². The maximum absolute atomic E-state index is 12.8. The van der Waals surface area contributed by atoms with E-state index in [0.717, 1.165) is 0 Å². The molecule has 4 rings (SSSR count). The lowest BCUT2D eigenvalue weighted by Gasteiger charge is -2.26. The van der Waals surface area contributed by atoms with Crippen molar-refractivity contribution in [3.05, 3.63) is 83.7 Å². The van der Waals surface area contributed by atoms with Crippen molar-refractivity contribution in [1.29, 1.82) is 0 Å². The van der Waals surface area contributed by atoms with Gasteiger partial charge in [-0.15, -0.1) is 0 Å². The number of furan rings is 2. The molecule has 4 heteroatoms. The molecule has 0 aliphatic carbocycles. The second-order valence-corrected chi connectivity index (χ2v) is 4.95. The highest BCUT2D eigenvalue weighted by molar-refractivity contribution is 6.14. The minimum absolute atomic E-state index is 0.0837. The lowest BCUT2D eigenvalue weighted by atomic mass is 9.93. The first-order valence-corrected chi connectivity index (χ1v) is 6.92. The predicted molar refractivity (Wildman–Crippen MR) is 79.5 cm³/mol. The smallest absolute Gasteiger partial charge is 0.197 e. The average Bonchev–Trinajstić information content (AvgIpc) is 3.23. The molecule has 3 aromatic rings. The van der Waals surface area contributed by atoms with E-state index in [2.05, 4.69) is 0 Å². The third kappa shape index (κ3) is 2.05. The first-order chi connectivity index (χ1) is 10.8. The predicted octanol–water partition coefficient (Wildman–Crippen LogP) is 4.27. The van der Waals surface area contributed by atoms with E-state index in [1.54, 1.807) is 55.0 Å². The van der Waals surface area contributed by atoms with E-state index in [1.165, 1.54) is 0 Å². The number of benzene rings is 1. The molecule has 0 bridgehead atoms. The van der Waals surface area contributed by atoms with Crippen LogP contribution in [0.4, 0.5) is 0 Å². The zero-order valence-electron chi connectivity index (χ0n) is 11.6. The van der Waals surface area contributed by atoms with Crippen molar-refractivity contribution in [2.45, 2.75) is 6.10 Å². The molecule has 0 spiro atoms. The van der Waals surface area contributed by atoms with Crippen molar-refractivity contribution in [3.63, 3.8) is 0 Å². The van der Waals surface area contributed by atoms with Crippen molar-refractivity contribution in [2.75, 3.05) is 0 Å². The van der Waals surface area contributed by atoms with Crippen LogP contribution < -0.4 is 4.74 Å². The van der Waals surface area contributed by atoms with Gasteiger partial charge in [-0.3, -0.25) is 4.79 Å². The largest absolute Gasteiger partial charge is 0.477 e. The lowest BCUT2D eigenvalue weighted by Crippen LogP contribution is -2.23. The van der Waals surface area contributed by atoms with Gasteiger partial charge in [0.05, 0.1) is 23.7 Å². The second kappa shape index (κ2) is 5.07. The van der Waals surface area contributed by atoms with Gasteiger partial charge in [-0.25, -0.2) is 0 Å². The van der Waals surface area contributed by atoms with Gasteiger partial charge >= 0.3 is 0 Å². The summed E-state index contributed by atoms with van der Waals surface area (Å²) >= 11 is 0. The number of para-hydroxylation sites is 1. The van der Waals surface area contributed by atoms with E-state index in [1.807, 2.05) is 12.1 Å². The molecule has 0 N–H and O–H groups in total. The summed E-state index contributed by atoms with van der Waals surface area (Å²) in [7, 11) is 0. The molecular weight excluding hydrogens is 280 g/mol. The average molecular weight is 292 g/mol. The van der Waals surface area contributed by atoms with Gasteiger partial charge in [0.15, 0.2) is 11.9 Å². The molecule has 4 nitrogen and oxygen atoms in total. The van der Waals surface area contributed by atoms with Gasteiger partial charge in [-0.1, -0.05) is 12.1 Å². The number of rotatable bonds is 2. The van der Waals surface area contributed by atoms with Crippen LogP contribution in [0.25, 0.3) is 6.08 Å². The van der Waals surface area contributed by atoms with E-state index < -0.39 is 6.10 Å². The van der Waals surface area contributed by atoms with Crippen LogP contribution in [-0.4, -0.2) is 5.78 Å². The van der Waals surface area contributed by atoms with Crippen LogP contribution in [0.3, 0.4) is 0 Å². The highest BCUT2D eigenvalue weighted by Crippen LogP contribution is 2.39. The standard InChI is InChI=1S/C18H12O4/c19-17-13-6-1-2-7-15(13)22-18(16-8-4-10-21-16)14(17)11-12-5-3-9-20-12/h1-11,18H. The van der Waals surface area contributed by atoms with Gasteiger partial charge in [0.1, 0.15) is 17.3 Å². The molecule has 3 heterocycles. The van der Waals surface area contributed by atoms with Crippen LogP contribution in [0.2, 0.25) is 0 Å². The van der Waals surface area contributed by atoms with Crippen LogP contribution in [0.15, 0.2) is 75.5 Å². The first-order valence-electron chi connectivity index (χ1n) is 6.92. The minimum Gasteiger partial charge on any atom is -0.477 e. The van der Waals surface area contributed by atoms with Gasteiger partial charge in [-0.05, 0) is 42.5 Å². The normalized spacial score (nSPS) is 19.0. The van der Waals surface area contributed by atoms with E-state index in [-0.39, 0.29) is 5.78 Å². The fraction of sp³-hybridized carbons (Fsp3) is 0.0556. The first kappa shape index (κ1) is 12.7. The molecule has 0 saturated heterocycles. The fourth-order valence-electron chi connectivity index (χ4n) is 2.54. The number of Topliss-reactive ketones (excluding diaryl/α,β-unsaturated/α-hetero) is 1. The molecule has 1 aliphatic heterocycles. The number of fused-ring (bicyclic) bond motifs is 1. The van der Waals surface area contributed by atoms with Crippen LogP contribution >= 0.6 is 0 Å². The Kier molecular flexibility index (Phi) is 2.93. The number of carbonyl (C=O) groups excluding carboxylic acids is 1. The monoisotopic (exact) mass is 292 g/mol. The third-order valence-corrected chi connectivity index (χ3v) is 3.56. The molecule has 2 aromatic heterocycles. The molecule has 1 unspecified atom stereocenters. The summed E-state index contributed by atoms with van der Waals surface area (Å²) in [6.07, 6.45) is 4.25. The summed E-state index contributed by atoms with van der Waals surface area (Å²) in [6, 6.07) is 14.3. The summed E-state index contributed by atoms with van der Waals surface area (Å²) in [5.74, 6) is 1.66. The Bertz CT molecular complexity index is 826. The van der Waals surface area contributed by atoms with Gasteiger partial charge < -0.3 is 13.6 Å². The van der Waals surface area contributed by atoms with Crippen molar-refractivity contribution in [3.8, 4) is 5.75 Å². The van der Waals surface area contributed by atoms with Crippen LogP contribution in [-0.2, 0) is 0 Å². The molecule has 1 aliphatic rings. The van der Waals surface area contributed by atoms with E-state index in [4.69, 9.17) is 13.6 Å². The Morgan fingerprint density at radius 2 is 1.73 bits per heavy atom. The third-order valence-electron chi connectivity index (χ3n) is 3.56. The summed E-state index contributed by atoms with van der Waals surface area (Å²) in [5.41, 5.74) is 1.03. The van der Waals surface area contributed by atoms with Gasteiger partial charge in [0, 0.05) is 0 Å². The number of hydrogen-bond acceptors (Lipinski definition) is 4. The molecule has 1 atom stereocenters. The Balaban J connectivity index is 1.87. The van der Waals surface area contributed by atoms with E-state index in [9.17, 15) is 4.79 Å². The SMILES string of the molecule is O=C1C(=Cc2ccco2)C(c2ccco2)Oc2ccccc21. The molecule has 0 saturated carbocycles. The molecule has 22 heavy (non-hydrogen) atoms. The van der Waals surface area contributed by atoms with Crippen LogP contribution in [0.1, 0.15) is 28.0 Å². The maximum atomic E-state index is 12.8.